The van der Waals surface area contributed by atoms with E-state index in [-0.39, 0.29) is 11.5 Å². The molecule has 0 aliphatic heterocycles. The Morgan fingerprint density at radius 3 is 2.14 bits per heavy atom. The highest BCUT2D eigenvalue weighted by molar-refractivity contribution is 5.86. The molecule has 0 aliphatic carbocycles. The molecule has 5 heteroatoms. The monoisotopic (exact) mass is 390 g/mol. The molecule has 1 aromatic heterocycles. The minimum absolute atomic E-state index is 0.264. The third-order valence-electron chi connectivity index (χ3n) is 4.11. The molecule has 0 saturated heterocycles. The van der Waals surface area contributed by atoms with Crippen molar-refractivity contribution in [3.63, 3.8) is 0 Å². The van der Waals surface area contributed by atoms with Gasteiger partial charge in [-0.15, -0.1) is 0 Å². The van der Waals surface area contributed by atoms with Crippen LogP contribution in [0.4, 0.5) is 0 Å². The molecule has 29 heavy (non-hydrogen) atoms. The van der Waals surface area contributed by atoms with E-state index in [1.54, 1.807) is 24.3 Å². The van der Waals surface area contributed by atoms with Gasteiger partial charge in [0.1, 0.15) is 22.8 Å². The van der Waals surface area contributed by atoms with E-state index in [1.807, 2.05) is 38.1 Å². The van der Waals surface area contributed by atoms with Gasteiger partial charge in [0.05, 0.1) is 5.56 Å². The summed E-state index contributed by atoms with van der Waals surface area (Å²) in [6.45, 7) is 10.3. The Morgan fingerprint density at radius 2 is 1.59 bits per heavy atom. The summed E-state index contributed by atoms with van der Waals surface area (Å²) in [6, 6.07) is 11.2. The van der Waals surface area contributed by atoms with Crippen LogP contribution in [0.2, 0.25) is 0 Å². The molecule has 0 N–H and O–H groups in total. The number of aryl methyl sites for hydroxylation is 1. The van der Waals surface area contributed by atoms with E-state index in [0.29, 0.717) is 16.9 Å². The number of ether oxygens (including phenoxy) is 2. The SMILES string of the molecule is C=C(C)/C=C/c1c(OC(C)=O)cc(-c2cc3ccc(C)cc3o2)cc1OC(C)=O. The Hall–Kier alpha value is -3.60. The van der Waals surface area contributed by atoms with Crippen molar-refractivity contribution in [1.82, 2.24) is 0 Å². The normalized spacial score (nSPS) is 11.0. The number of carbonyl (C=O) groups excluding carboxylic acids is 2. The molecule has 148 valence electrons. The van der Waals surface area contributed by atoms with Gasteiger partial charge in [0.15, 0.2) is 0 Å². The van der Waals surface area contributed by atoms with Gasteiger partial charge in [-0.3, -0.25) is 9.59 Å². The smallest absolute Gasteiger partial charge is 0.308 e. The summed E-state index contributed by atoms with van der Waals surface area (Å²) in [5.41, 5.74) is 3.71. The summed E-state index contributed by atoms with van der Waals surface area (Å²) in [7, 11) is 0. The number of fused-ring (bicyclic) bond motifs is 1. The van der Waals surface area contributed by atoms with E-state index in [9.17, 15) is 9.59 Å². The fourth-order valence-electron chi connectivity index (χ4n) is 2.89. The zero-order valence-corrected chi connectivity index (χ0v) is 16.9. The summed E-state index contributed by atoms with van der Waals surface area (Å²) in [5.74, 6) is 0.130. The third-order valence-corrected chi connectivity index (χ3v) is 4.11. The number of hydrogen-bond donors (Lipinski definition) is 0. The Bertz CT molecular complexity index is 1110. The van der Waals surface area contributed by atoms with Crippen LogP contribution < -0.4 is 9.47 Å². The maximum atomic E-state index is 11.7. The summed E-state index contributed by atoms with van der Waals surface area (Å²) in [5, 5.41) is 0.944. The summed E-state index contributed by atoms with van der Waals surface area (Å²) >= 11 is 0. The van der Waals surface area contributed by atoms with Gasteiger partial charge in [0.25, 0.3) is 0 Å². The molecular weight excluding hydrogens is 368 g/mol. The van der Waals surface area contributed by atoms with Crippen molar-refractivity contribution in [2.24, 2.45) is 0 Å². The Balaban J connectivity index is 2.21. The number of esters is 2. The quantitative estimate of drug-likeness (QED) is 0.311. The van der Waals surface area contributed by atoms with Gasteiger partial charge in [0.2, 0.25) is 0 Å². The number of allylic oxidation sites excluding steroid dienone is 2. The lowest BCUT2D eigenvalue weighted by molar-refractivity contribution is -0.132. The molecule has 3 rings (SSSR count). The maximum absolute atomic E-state index is 11.7. The first-order valence-electron chi connectivity index (χ1n) is 9.12. The zero-order valence-electron chi connectivity index (χ0n) is 16.9. The van der Waals surface area contributed by atoms with Crippen LogP contribution in [-0.4, -0.2) is 11.9 Å². The van der Waals surface area contributed by atoms with Crippen molar-refractivity contribution in [1.29, 1.82) is 0 Å². The molecule has 3 aromatic rings. The van der Waals surface area contributed by atoms with Gasteiger partial charge < -0.3 is 13.9 Å². The van der Waals surface area contributed by atoms with E-state index in [0.717, 1.165) is 22.1 Å². The first kappa shape index (κ1) is 20.1. The van der Waals surface area contributed by atoms with Crippen molar-refractivity contribution >= 4 is 29.0 Å². The van der Waals surface area contributed by atoms with Crippen molar-refractivity contribution in [3.8, 4) is 22.8 Å². The first-order valence-corrected chi connectivity index (χ1v) is 9.12. The molecule has 2 aromatic carbocycles. The second-order valence-corrected chi connectivity index (χ2v) is 6.91. The average molecular weight is 390 g/mol. The van der Waals surface area contributed by atoms with Crippen LogP contribution in [0, 0.1) is 6.92 Å². The Kier molecular flexibility index (Phi) is 5.69. The van der Waals surface area contributed by atoms with Crippen molar-refractivity contribution in [2.45, 2.75) is 27.7 Å². The van der Waals surface area contributed by atoms with E-state index >= 15 is 0 Å². The summed E-state index contributed by atoms with van der Waals surface area (Å²) < 4.78 is 16.8. The van der Waals surface area contributed by atoms with Gasteiger partial charge in [0, 0.05) is 24.8 Å². The number of hydrogen-bond acceptors (Lipinski definition) is 5. The molecule has 0 aliphatic rings. The van der Waals surface area contributed by atoms with Crippen LogP contribution in [-0.2, 0) is 9.59 Å². The van der Waals surface area contributed by atoms with Crippen LogP contribution in [0.25, 0.3) is 28.4 Å². The van der Waals surface area contributed by atoms with Crippen LogP contribution in [0.5, 0.6) is 11.5 Å². The van der Waals surface area contributed by atoms with Gasteiger partial charge >= 0.3 is 11.9 Å². The third kappa shape index (κ3) is 4.82. The lowest BCUT2D eigenvalue weighted by Crippen LogP contribution is -2.07. The van der Waals surface area contributed by atoms with Crippen LogP contribution in [0.3, 0.4) is 0 Å². The minimum Gasteiger partial charge on any atom is -0.456 e. The van der Waals surface area contributed by atoms with E-state index in [2.05, 4.69) is 6.58 Å². The Labute approximate surface area is 169 Å². The van der Waals surface area contributed by atoms with Gasteiger partial charge in [-0.05, 0) is 49.8 Å². The van der Waals surface area contributed by atoms with Crippen LogP contribution >= 0.6 is 0 Å². The molecule has 5 nitrogen and oxygen atoms in total. The van der Waals surface area contributed by atoms with E-state index in [1.165, 1.54) is 13.8 Å². The largest absolute Gasteiger partial charge is 0.456 e. The Morgan fingerprint density at radius 1 is 0.966 bits per heavy atom. The van der Waals surface area contributed by atoms with Crippen molar-refractivity contribution < 1.29 is 23.5 Å². The number of rotatable bonds is 5. The molecule has 0 radical (unpaired) electrons. The van der Waals surface area contributed by atoms with Crippen molar-refractivity contribution in [3.05, 3.63) is 65.8 Å². The van der Waals surface area contributed by atoms with E-state index < -0.39 is 11.9 Å². The predicted octanol–water partition coefficient (Wildman–Crippen LogP) is 5.85. The molecule has 1 heterocycles. The lowest BCUT2D eigenvalue weighted by atomic mass is 10.0. The molecule has 0 spiro atoms. The minimum atomic E-state index is -0.485. The van der Waals surface area contributed by atoms with Gasteiger partial charge in [-0.1, -0.05) is 30.4 Å². The highest BCUT2D eigenvalue weighted by Crippen LogP contribution is 2.38. The zero-order chi connectivity index (χ0) is 21.1. The number of furan rings is 1. The fraction of sp³-hybridized carbons (Fsp3) is 0.167. The lowest BCUT2D eigenvalue weighted by Gasteiger charge is -2.13. The van der Waals surface area contributed by atoms with Crippen LogP contribution in [0.1, 0.15) is 31.9 Å². The second kappa shape index (κ2) is 8.19. The van der Waals surface area contributed by atoms with E-state index in [4.69, 9.17) is 13.9 Å². The van der Waals surface area contributed by atoms with Crippen LogP contribution in [0.15, 0.2) is 59.0 Å². The van der Waals surface area contributed by atoms with Gasteiger partial charge in [-0.25, -0.2) is 0 Å². The van der Waals surface area contributed by atoms with Gasteiger partial charge in [-0.2, -0.15) is 0 Å². The predicted molar refractivity (Wildman–Crippen MR) is 113 cm³/mol. The average Bonchev–Trinajstić information content (AvgIpc) is 3.02. The molecule has 0 fully saturated rings. The number of benzene rings is 2. The molecule has 0 unspecified atom stereocenters. The molecular formula is C24H22O5. The topological polar surface area (TPSA) is 65.7 Å². The summed E-state index contributed by atoms with van der Waals surface area (Å²) in [6.07, 6.45) is 3.45. The highest BCUT2D eigenvalue weighted by Gasteiger charge is 2.18. The van der Waals surface area contributed by atoms with Crippen molar-refractivity contribution in [2.75, 3.05) is 0 Å². The summed E-state index contributed by atoms with van der Waals surface area (Å²) in [4.78, 5) is 23.3. The number of carbonyl (C=O) groups is 2. The molecule has 0 saturated carbocycles. The highest BCUT2D eigenvalue weighted by atomic mass is 16.5. The second-order valence-electron chi connectivity index (χ2n) is 6.91. The first-order chi connectivity index (χ1) is 13.7. The fourth-order valence-corrected chi connectivity index (χ4v) is 2.89. The molecule has 0 bridgehead atoms. The molecule has 0 amide bonds. The molecule has 0 atom stereocenters. The standard InChI is InChI=1S/C24H22O5/c1-14(2)6-9-20-23(27-16(4)25)12-19(13-24(20)28-17(5)26)22-11-18-8-7-15(3)10-21(18)29-22/h6-13H,1H2,2-5H3/b9-6+. The maximum Gasteiger partial charge on any atom is 0.308 e.